The summed E-state index contributed by atoms with van der Waals surface area (Å²) < 4.78 is 23.6. The topological polar surface area (TPSA) is 89.3 Å². The highest BCUT2D eigenvalue weighted by molar-refractivity contribution is 7.92. The van der Waals surface area contributed by atoms with E-state index in [0.717, 1.165) is 25.7 Å². The number of carbonyl (C=O) groups is 1. The summed E-state index contributed by atoms with van der Waals surface area (Å²) in [7, 11) is -3.07. The molecule has 0 bridgehead atoms. The third-order valence-corrected chi connectivity index (χ3v) is 5.15. The molecule has 0 aromatic carbocycles. The second-order valence-electron chi connectivity index (χ2n) is 4.16. The Labute approximate surface area is 96.7 Å². The Kier molecular flexibility index (Phi) is 5.21. The molecule has 1 aliphatic rings. The van der Waals surface area contributed by atoms with Gasteiger partial charge < -0.3 is 11.1 Å². The zero-order chi connectivity index (χ0) is 12.0. The van der Waals surface area contributed by atoms with Crippen molar-refractivity contribution in [2.75, 3.05) is 18.8 Å². The molecule has 0 aliphatic heterocycles. The Balaban J connectivity index is 2.33. The largest absolute Gasteiger partial charge is 0.355 e. The quantitative estimate of drug-likeness (QED) is 0.681. The maximum absolute atomic E-state index is 11.8. The molecule has 0 atom stereocenters. The van der Waals surface area contributed by atoms with Crippen molar-refractivity contribution in [3.8, 4) is 0 Å². The molecule has 94 valence electrons. The fourth-order valence-electron chi connectivity index (χ4n) is 1.95. The molecule has 0 aromatic rings. The minimum absolute atomic E-state index is 0.0337. The Bertz CT molecular complexity index is 321. The first-order valence-electron chi connectivity index (χ1n) is 5.74. The van der Waals surface area contributed by atoms with Crippen LogP contribution in [0.3, 0.4) is 0 Å². The van der Waals surface area contributed by atoms with Gasteiger partial charge in [-0.05, 0) is 12.8 Å². The molecule has 16 heavy (non-hydrogen) atoms. The average molecular weight is 248 g/mol. The fourth-order valence-corrected chi connectivity index (χ4v) is 3.80. The van der Waals surface area contributed by atoms with Gasteiger partial charge in [-0.2, -0.15) is 0 Å². The maximum Gasteiger partial charge on any atom is 0.221 e. The molecule has 0 heterocycles. The summed E-state index contributed by atoms with van der Waals surface area (Å²) in [6, 6.07) is 0. The molecule has 1 fully saturated rings. The Hall–Kier alpha value is -0.620. The minimum Gasteiger partial charge on any atom is -0.355 e. The van der Waals surface area contributed by atoms with Gasteiger partial charge in [0.1, 0.15) is 0 Å². The Morgan fingerprint density at radius 3 is 2.50 bits per heavy atom. The molecule has 1 amide bonds. The molecule has 1 saturated carbocycles. The maximum atomic E-state index is 11.8. The Morgan fingerprint density at radius 1 is 1.31 bits per heavy atom. The van der Waals surface area contributed by atoms with Crippen LogP contribution in [0.25, 0.3) is 0 Å². The van der Waals surface area contributed by atoms with Gasteiger partial charge in [0, 0.05) is 19.5 Å². The summed E-state index contributed by atoms with van der Waals surface area (Å²) in [5, 5.41) is 2.35. The van der Waals surface area contributed by atoms with Gasteiger partial charge in [-0.15, -0.1) is 0 Å². The summed E-state index contributed by atoms with van der Waals surface area (Å²) in [6.07, 6.45) is 3.55. The van der Waals surface area contributed by atoms with E-state index in [2.05, 4.69) is 5.32 Å². The van der Waals surface area contributed by atoms with Gasteiger partial charge in [0.15, 0.2) is 9.84 Å². The fraction of sp³-hybridized carbons (Fsp3) is 0.900. The summed E-state index contributed by atoms with van der Waals surface area (Å²) in [4.78, 5) is 11.2. The van der Waals surface area contributed by atoms with Gasteiger partial charge in [-0.25, -0.2) is 8.42 Å². The first kappa shape index (κ1) is 13.4. The summed E-state index contributed by atoms with van der Waals surface area (Å²) >= 11 is 0. The van der Waals surface area contributed by atoms with E-state index in [1.165, 1.54) is 0 Å². The van der Waals surface area contributed by atoms with Crippen molar-refractivity contribution in [2.45, 2.75) is 37.4 Å². The lowest BCUT2D eigenvalue weighted by atomic mass is 10.4. The van der Waals surface area contributed by atoms with E-state index in [9.17, 15) is 13.2 Å². The molecule has 0 saturated heterocycles. The van der Waals surface area contributed by atoms with Crippen molar-refractivity contribution in [3.05, 3.63) is 0 Å². The number of rotatable bonds is 6. The lowest BCUT2D eigenvalue weighted by Crippen LogP contribution is -2.31. The van der Waals surface area contributed by atoms with Crippen LogP contribution in [0.1, 0.15) is 32.1 Å². The van der Waals surface area contributed by atoms with E-state index in [4.69, 9.17) is 5.73 Å². The SMILES string of the molecule is NCCNC(=O)CCS(=O)(=O)C1CCCC1. The van der Waals surface area contributed by atoms with E-state index in [1.807, 2.05) is 0 Å². The first-order valence-corrected chi connectivity index (χ1v) is 7.46. The highest BCUT2D eigenvalue weighted by Crippen LogP contribution is 2.25. The number of sulfone groups is 1. The second-order valence-corrected chi connectivity index (χ2v) is 6.56. The standard InChI is InChI=1S/C10H20N2O3S/c11-6-7-12-10(13)5-8-16(14,15)9-3-1-2-4-9/h9H,1-8,11H2,(H,12,13). The highest BCUT2D eigenvalue weighted by atomic mass is 32.2. The van der Waals surface area contributed by atoms with Crippen LogP contribution in [-0.2, 0) is 14.6 Å². The average Bonchev–Trinajstić information content (AvgIpc) is 2.77. The van der Waals surface area contributed by atoms with Gasteiger partial charge >= 0.3 is 0 Å². The molecule has 5 nitrogen and oxygen atoms in total. The summed E-state index contributed by atoms with van der Waals surface area (Å²) in [6.45, 7) is 0.781. The molecular formula is C10H20N2O3S. The summed E-state index contributed by atoms with van der Waals surface area (Å²) in [5.41, 5.74) is 5.23. The van der Waals surface area contributed by atoms with E-state index < -0.39 is 9.84 Å². The monoisotopic (exact) mass is 248 g/mol. The van der Waals surface area contributed by atoms with Crippen LogP contribution in [0.5, 0.6) is 0 Å². The van der Waals surface area contributed by atoms with Gasteiger partial charge in [0.05, 0.1) is 11.0 Å². The molecule has 0 spiro atoms. The normalized spacial score (nSPS) is 17.6. The third-order valence-electron chi connectivity index (χ3n) is 2.89. The lowest BCUT2D eigenvalue weighted by molar-refractivity contribution is -0.120. The molecule has 3 N–H and O–H groups in total. The minimum atomic E-state index is -3.07. The van der Waals surface area contributed by atoms with Crippen molar-refractivity contribution in [3.63, 3.8) is 0 Å². The smallest absolute Gasteiger partial charge is 0.221 e. The van der Waals surface area contributed by atoms with E-state index in [-0.39, 0.29) is 23.3 Å². The number of amides is 1. The van der Waals surface area contributed by atoms with Crippen molar-refractivity contribution < 1.29 is 13.2 Å². The van der Waals surface area contributed by atoms with Crippen molar-refractivity contribution >= 4 is 15.7 Å². The molecular weight excluding hydrogens is 228 g/mol. The van der Waals surface area contributed by atoms with Crippen molar-refractivity contribution in [1.29, 1.82) is 0 Å². The summed E-state index contributed by atoms with van der Waals surface area (Å²) in [5.74, 6) is -0.263. The van der Waals surface area contributed by atoms with Crippen molar-refractivity contribution in [1.82, 2.24) is 5.32 Å². The number of hydrogen-bond donors (Lipinski definition) is 2. The molecule has 0 aromatic heterocycles. The number of carbonyl (C=O) groups excluding carboxylic acids is 1. The van der Waals surface area contributed by atoms with Gasteiger partial charge in [-0.1, -0.05) is 12.8 Å². The predicted molar refractivity (Wildman–Crippen MR) is 62.7 cm³/mol. The van der Waals surface area contributed by atoms with Gasteiger partial charge in [0.2, 0.25) is 5.91 Å². The van der Waals surface area contributed by atoms with Crippen LogP contribution in [-0.4, -0.2) is 38.4 Å². The van der Waals surface area contributed by atoms with Crippen LogP contribution in [0.15, 0.2) is 0 Å². The van der Waals surface area contributed by atoms with Crippen LogP contribution in [0, 0.1) is 0 Å². The molecule has 1 rings (SSSR count). The third kappa shape index (κ3) is 4.09. The van der Waals surface area contributed by atoms with Crippen LogP contribution in [0.2, 0.25) is 0 Å². The van der Waals surface area contributed by atoms with Gasteiger partial charge in [-0.3, -0.25) is 4.79 Å². The van der Waals surface area contributed by atoms with Crippen LogP contribution in [0.4, 0.5) is 0 Å². The van der Waals surface area contributed by atoms with Crippen molar-refractivity contribution in [2.24, 2.45) is 5.73 Å². The second kappa shape index (κ2) is 6.20. The number of nitrogens with two attached hydrogens (primary N) is 1. The predicted octanol–water partition coefficient (Wildman–Crippen LogP) is -0.191. The number of hydrogen-bond acceptors (Lipinski definition) is 4. The van der Waals surface area contributed by atoms with Crippen LogP contribution >= 0.6 is 0 Å². The lowest BCUT2D eigenvalue weighted by Gasteiger charge is -2.10. The number of nitrogens with one attached hydrogen (secondary N) is 1. The molecule has 0 radical (unpaired) electrons. The first-order chi connectivity index (χ1) is 7.56. The van der Waals surface area contributed by atoms with Gasteiger partial charge in [0.25, 0.3) is 0 Å². The van der Waals surface area contributed by atoms with E-state index in [0.29, 0.717) is 13.1 Å². The molecule has 1 aliphatic carbocycles. The zero-order valence-corrected chi connectivity index (χ0v) is 10.3. The molecule has 0 unspecified atom stereocenters. The van der Waals surface area contributed by atoms with E-state index >= 15 is 0 Å². The Morgan fingerprint density at radius 2 is 1.94 bits per heavy atom. The van der Waals surface area contributed by atoms with Crippen LogP contribution < -0.4 is 11.1 Å². The zero-order valence-electron chi connectivity index (χ0n) is 9.44. The highest BCUT2D eigenvalue weighted by Gasteiger charge is 2.28. The van der Waals surface area contributed by atoms with E-state index in [1.54, 1.807) is 0 Å². The molecule has 6 heteroatoms.